The number of hydrogen-bond acceptors (Lipinski definition) is 20. The third-order valence-corrected chi connectivity index (χ3v) is 18.7. The van der Waals surface area contributed by atoms with Crippen LogP contribution in [0.3, 0.4) is 0 Å². The number of amides is 4. The Labute approximate surface area is 540 Å². The molecule has 4 unspecified atom stereocenters. The molecule has 2 fully saturated rings. The van der Waals surface area contributed by atoms with Gasteiger partial charge in [0.25, 0.3) is 27.8 Å². The van der Waals surface area contributed by atoms with Crippen LogP contribution in [0, 0.1) is 23.7 Å². The molecule has 3 aromatic heterocycles. The number of carbonyl (C=O) groups excluding carboxylic acids is 4. The topological polar surface area (TPSA) is 299 Å². The molecule has 92 heavy (non-hydrogen) atoms. The van der Waals surface area contributed by atoms with E-state index < -0.39 is 27.4 Å². The Morgan fingerprint density at radius 1 is 0.750 bits per heavy atom. The molecular weight excluding hydrogens is 1230 g/mol. The number of rotatable bonds is 38. The zero-order chi connectivity index (χ0) is 65.3. The van der Waals surface area contributed by atoms with Crippen LogP contribution in [0.15, 0.2) is 72.9 Å². The number of anilines is 2. The highest BCUT2D eigenvalue weighted by Gasteiger charge is 2.55. The van der Waals surface area contributed by atoms with Crippen molar-refractivity contribution in [2.45, 2.75) is 91.3 Å². The van der Waals surface area contributed by atoms with Gasteiger partial charge in [-0.05, 0) is 104 Å². The lowest BCUT2D eigenvalue weighted by Gasteiger charge is -2.58. The molecule has 25 nitrogen and oxygen atoms in total. The monoisotopic (exact) mass is 1310 g/mol. The molecule has 27 heteroatoms. The molecule has 500 valence electrons. The quantitative estimate of drug-likeness (QED) is 0.0205. The van der Waals surface area contributed by atoms with Gasteiger partial charge < -0.3 is 52.8 Å². The third kappa shape index (κ3) is 19.5. The van der Waals surface area contributed by atoms with Gasteiger partial charge >= 0.3 is 5.97 Å². The maximum Gasteiger partial charge on any atom is 0.355 e. The Hall–Kier alpha value is -6.63. The summed E-state index contributed by atoms with van der Waals surface area (Å²) in [5, 5.41) is 19.1. The average Bonchev–Trinajstić information content (AvgIpc) is 0.887. The van der Waals surface area contributed by atoms with Crippen molar-refractivity contribution in [1.29, 1.82) is 0 Å². The van der Waals surface area contributed by atoms with Gasteiger partial charge in [0.15, 0.2) is 10.8 Å². The minimum atomic E-state index is -4.34. The molecule has 0 saturated heterocycles. The molecule has 5 aromatic rings. The summed E-state index contributed by atoms with van der Waals surface area (Å²) < 4.78 is 81.8. The van der Waals surface area contributed by atoms with Crippen LogP contribution in [0.2, 0.25) is 0 Å². The highest BCUT2D eigenvalue weighted by Crippen LogP contribution is 2.60. The summed E-state index contributed by atoms with van der Waals surface area (Å²) in [7, 11) is -4.34. The Morgan fingerprint density at radius 3 is 2.08 bits per heavy atom. The first-order chi connectivity index (χ1) is 44.2. The van der Waals surface area contributed by atoms with Gasteiger partial charge in [-0.3, -0.25) is 38.6 Å². The normalized spacial score (nSPS) is 20.5. The van der Waals surface area contributed by atoms with Crippen LogP contribution >= 0.6 is 11.3 Å². The predicted octanol–water partition coefficient (Wildman–Crippen LogP) is 6.91. The van der Waals surface area contributed by atoms with Crippen LogP contribution in [-0.2, 0) is 81.9 Å². The Balaban J connectivity index is 0.684. The smallest absolute Gasteiger partial charge is 0.355 e. The lowest BCUT2D eigenvalue weighted by atomic mass is 9.51. The number of aromatic nitrogens is 4. The summed E-state index contributed by atoms with van der Waals surface area (Å²) in [4.78, 5) is 77.0. The number of imide groups is 1. The summed E-state index contributed by atoms with van der Waals surface area (Å²) in [6, 6.07) is 17.1. The van der Waals surface area contributed by atoms with Crippen molar-refractivity contribution in [3.8, 4) is 11.1 Å². The highest BCUT2D eigenvalue weighted by molar-refractivity contribution is 7.85. The number of carboxylic acids is 1. The molecule has 2 bridgehead atoms. The average molecular weight is 1320 g/mol. The Morgan fingerprint density at radius 2 is 1.40 bits per heavy atom. The van der Waals surface area contributed by atoms with Crippen molar-refractivity contribution in [2.24, 2.45) is 16.7 Å². The molecule has 2 aliphatic carbocycles. The van der Waals surface area contributed by atoms with E-state index in [1.54, 1.807) is 12.3 Å². The molecular formula is C65H86N8O17S2. The van der Waals surface area contributed by atoms with Crippen LogP contribution < -0.4 is 10.2 Å². The zero-order valence-electron chi connectivity index (χ0n) is 53.0. The number of carbonyl (C=O) groups is 5. The van der Waals surface area contributed by atoms with Crippen LogP contribution in [0.25, 0.3) is 21.3 Å². The number of carboxylic acid groups (broad SMARTS) is 1. The molecule has 3 N–H and O–H groups in total. The van der Waals surface area contributed by atoms with Crippen molar-refractivity contribution in [2.75, 3.05) is 141 Å². The SMILES string of the molecule is Cc1c(-c2ccc(N3CCc4cccc(C(=O)Nc5nc6ccccc6s5)c4C3)nc2C(=O)O)cnn1CC1(C)CC2(C)CC(C)CC(OCCOCCN(CCS(=O)(=O)O)C(=O)CCOCCOCCOCCOCCOCCOCCN3C(=O)C=CC3=O)(C2)C1. The fraction of sp³-hybridized carbons (Fsp3) is 0.569. The molecule has 0 spiro atoms. The number of benzene rings is 2. The van der Waals surface area contributed by atoms with Crippen molar-refractivity contribution in [3.05, 3.63) is 101 Å². The third-order valence-electron chi connectivity index (χ3n) is 17.1. The van der Waals surface area contributed by atoms with Gasteiger partial charge in [0.2, 0.25) is 5.91 Å². The van der Waals surface area contributed by atoms with E-state index in [4.69, 9.17) is 48.0 Å². The number of thiazole rings is 1. The lowest BCUT2D eigenvalue weighted by molar-refractivity contribution is -0.183. The summed E-state index contributed by atoms with van der Waals surface area (Å²) in [6.07, 6.45) is 9.35. The summed E-state index contributed by atoms with van der Waals surface area (Å²) >= 11 is 1.41. The zero-order valence-corrected chi connectivity index (χ0v) is 54.6. The second-order valence-electron chi connectivity index (χ2n) is 24.8. The first kappa shape index (κ1) is 69.7. The lowest BCUT2D eigenvalue weighted by Crippen LogP contribution is -2.55. The number of nitrogens with zero attached hydrogens (tertiary/aromatic N) is 7. The van der Waals surface area contributed by atoms with Gasteiger partial charge in [-0.2, -0.15) is 13.5 Å². The van der Waals surface area contributed by atoms with E-state index in [1.807, 2.05) is 65.0 Å². The predicted molar refractivity (Wildman–Crippen MR) is 342 cm³/mol. The first-order valence-electron chi connectivity index (χ1n) is 31.4. The highest BCUT2D eigenvalue weighted by atomic mass is 32.2. The Kier molecular flexibility index (Phi) is 24.6. The second kappa shape index (κ2) is 32.5. The van der Waals surface area contributed by atoms with E-state index in [1.165, 1.54) is 28.4 Å². The first-order valence-corrected chi connectivity index (χ1v) is 33.9. The van der Waals surface area contributed by atoms with E-state index in [-0.39, 0.29) is 106 Å². The fourth-order valence-corrected chi connectivity index (χ4v) is 15.0. The van der Waals surface area contributed by atoms with Gasteiger partial charge in [-0.1, -0.05) is 56.4 Å². The molecule has 4 aliphatic rings. The molecule has 2 aromatic carbocycles. The minimum Gasteiger partial charge on any atom is -0.476 e. The maximum absolute atomic E-state index is 13.8. The van der Waals surface area contributed by atoms with Crippen molar-refractivity contribution < 1.29 is 79.9 Å². The summed E-state index contributed by atoms with van der Waals surface area (Å²) in [6.45, 7) is 14.8. The van der Waals surface area contributed by atoms with E-state index in [9.17, 15) is 42.0 Å². The van der Waals surface area contributed by atoms with Crippen LogP contribution in [0.1, 0.15) is 97.0 Å². The summed E-state index contributed by atoms with van der Waals surface area (Å²) in [5.74, 6) is -2.14. The van der Waals surface area contributed by atoms with Crippen molar-refractivity contribution in [1.82, 2.24) is 29.5 Å². The van der Waals surface area contributed by atoms with Gasteiger partial charge in [0.1, 0.15) is 5.82 Å². The second-order valence-corrected chi connectivity index (χ2v) is 27.4. The molecule has 4 atom stereocenters. The van der Waals surface area contributed by atoms with Crippen LogP contribution in [0.5, 0.6) is 0 Å². The molecule has 2 aliphatic heterocycles. The maximum atomic E-state index is 13.8. The molecule has 5 heterocycles. The van der Waals surface area contributed by atoms with Gasteiger partial charge in [-0.15, -0.1) is 0 Å². The number of aromatic carboxylic acids is 1. The van der Waals surface area contributed by atoms with Gasteiger partial charge in [-0.25, -0.2) is 14.8 Å². The molecule has 9 rings (SSSR count). The number of pyridine rings is 1. The van der Waals surface area contributed by atoms with Gasteiger partial charge in [0, 0.05) is 67.3 Å². The van der Waals surface area contributed by atoms with E-state index in [0.29, 0.717) is 119 Å². The fourth-order valence-electron chi connectivity index (χ4n) is 13.7. The summed E-state index contributed by atoms with van der Waals surface area (Å²) in [5.41, 5.74) is 4.44. The number of para-hydroxylation sites is 1. The van der Waals surface area contributed by atoms with Gasteiger partial charge in [0.05, 0.1) is 140 Å². The van der Waals surface area contributed by atoms with Crippen molar-refractivity contribution in [3.63, 3.8) is 0 Å². The number of hydrogen-bond donors (Lipinski definition) is 3. The minimum absolute atomic E-state index is 0.0143. The van der Waals surface area contributed by atoms with Crippen LogP contribution in [-0.4, -0.2) is 214 Å². The standard InChI is InChI=1S/C65H86N8O17S2/c1-46-38-63(3)42-64(4,45-73-47(2)51(40-66-73)49-12-13-55(68-59(49)61(78)79)71-18-16-48-8-7-9-50(52(48)41-71)60(77)69-62-67-53-10-5-6-11-54(53)91-62)44-65(39-46,43-63)90-36-35-84-23-19-70(21-37-92(80,81)82)56(74)17-22-83-25-27-86-29-31-88-33-34-89-32-30-87-28-26-85-24-20-72-57(75)14-15-58(72)76/h5-15,40,46H,16-39,41-45H2,1-4H3,(H,78,79)(H,67,69,77)(H,80,81,82). The number of nitrogens with one attached hydrogen (secondary N) is 1. The molecule has 0 radical (unpaired) electrons. The van der Waals surface area contributed by atoms with E-state index in [0.717, 1.165) is 64.0 Å². The Bertz CT molecular complexity index is 3460. The van der Waals surface area contributed by atoms with Crippen molar-refractivity contribution >= 4 is 72.2 Å². The van der Waals surface area contributed by atoms with Crippen LogP contribution in [0.4, 0.5) is 10.9 Å². The number of ether oxygens (including phenoxy) is 8. The molecule has 2 saturated carbocycles. The van der Waals surface area contributed by atoms with E-state index in [2.05, 4.69) is 31.1 Å². The number of fused-ring (bicyclic) bond motifs is 4. The van der Waals surface area contributed by atoms with E-state index >= 15 is 0 Å². The largest absolute Gasteiger partial charge is 0.476 e. The molecule has 4 amide bonds.